The van der Waals surface area contributed by atoms with Crippen molar-refractivity contribution in [1.29, 1.82) is 0 Å². The van der Waals surface area contributed by atoms with Gasteiger partial charge in [-0.1, -0.05) is 6.92 Å². The second-order valence-electron chi connectivity index (χ2n) is 4.37. The average Bonchev–Trinajstić information content (AvgIpc) is 2.78. The van der Waals surface area contributed by atoms with E-state index in [9.17, 15) is 4.79 Å². The van der Waals surface area contributed by atoms with Crippen molar-refractivity contribution in [3.63, 3.8) is 0 Å². The molecule has 0 spiro atoms. The Bertz CT molecular complexity index is 661. The molecule has 0 aliphatic carbocycles. The summed E-state index contributed by atoms with van der Waals surface area (Å²) in [6, 6.07) is 1.74. The van der Waals surface area contributed by atoms with Crippen LogP contribution in [0.3, 0.4) is 0 Å². The van der Waals surface area contributed by atoms with Crippen LogP contribution in [0, 0.1) is 11.7 Å². The van der Waals surface area contributed by atoms with Crippen LogP contribution in [0.1, 0.15) is 28.7 Å². The molecule has 6 nitrogen and oxygen atoms in total. The summed E-state index contributed by atoms with van der Waals surface area (Å²) in [4.78, 5) is 16.2. The number of aromatic nitrogens is 4. The van der Waals surface area contributed by atoms with Gasteiger partial charge in [0.05, 0.1) is 0 Å². The van der Waals surface area contributed by atoms with Gasteiger partial charge < -0.3 is 9.88 Å². The first-order chi connectivity index (χ1) is 9.63. The molecule has 0 bridgehead atoms. The first-order valence-electron chi connectivity index (χ1n) is 6.46. The van der Waals surface area contributed by atoms with Crippen molar-refractivity contribution >= 4 is 18.1 Å². The van der Waals surface area contributed by atoms with Crippen LogP contribution in [-0.2, 0) is 13.0 Å². The lowest BCUT2D eigenvalue weighted by atomic mass is 10.1. The third kappa shape index (κ3) is 3.11. The maximum Gasteiger partial charge on any atom is 0.251 e. The number of nitrogens with zero attached hydrogens (tertiary/aromatic N) is 3. The van der Waals surface area contributed by atoms with Crippen molar-refractivity contribution in [3.8, 4) is 0 Å². The molecule has 2 aromatic rings. The number of nitrogens with one attached hydrogen (secondary N) is 2. The van der Waals surface area contributed by atoms with Gasteiger partial charge in [-0.05, 0) is 37.2 Å². The number of carbonyl (C=O) groups excluding carboxylic acids is 1. The molecule has 7 heteroatoms. The highest BCUT2D eigenvalue weighted by atomic mass is 32.1. The fourth-order valence-corrected chi connectivity index (χ4v) is 2.24. The van der Waals surface area contributed by atoms with Gasteiger partial charge >= 0.3 is 0 Å². The number of hydrogen-bond donors (Lipinski definition) is 2. The van der Waals surface area contributed by atoms with E-state index in [0.29, 0.717) is 23.4 Å². The van der Waals surface area contributed by atoms with Crippen LogP contribution in [0.25, 0.3) is 0 Å². The minimum atomic E-state index is -0.0862. The summed E-state index contributed by atoms with van der Waals surface area (Å²) in [5, 5.41) is 9.63. The Labute approximate surface area is 122 Å². The van der Waals surface area contributed by atoms with Crippen molar-refractivity contribution in [3.05, 3.63) is 40.2 Å². The van der Waals surface area contributed by atoms with Crippen LogP contribution < -0.4 is 5.32 Å². The summed E-state index contributed by atoms with van der Waals surface area (Å²) in [7, 11) is 0. The Morgan fingerprint density at radius 2 is 2.35 bits per heavy atom. The van der Waals surface area contributed by atoms with Crippen molar-refractivity contribution < 1.29 is 4.79 Å². The summed E-state index contributed by atoms with van der Waals surface area (Å²) >= 11 is 5.11. The van der Waals surface area contributed by atoms with E-state index in [1.165, 1.54) is 0 Å². The predicted octanol–water partition coefficient (Wildman–Crippen LogP) is 1.64. The monoisotopic (exact) mass is 291 g/mol. The summed E-state index contributed by atoms with van der Waals surface area (Å²) in [5.41, 5.74) is 1.62. The lowest BCUT2D eigenvalue weighted by Crippen LogP contribution is -2.28. The van der Waals surface area contributed by atoms with Crippen molar-refractivity contribution in [2.45, 2.75) is 26.8 Å². The number of aryl methyl sites for hydroxylation is 2. The summed E-state index contributed by atoms with van der Waals surface area (Å²) in [6.07, 6.45) is 4.14. The molecule has 0 saturated carbocycles. The number of hydrogen-bond acceptors (Lipinski definition) is 4. The van der Waals surface area contributed by atoms with E-state index in [1.807, 2.05) is 18.4 Å². The van der Waals surface area contributed by atoms with Gasteiger partial charge in [0.25, 0.3) is 5.91 Å². The van der Waals surface area contributed by atoms with E-state index in [1.54, 1.807) is 18.5 Å². The molecule has 0 fully saturated rings. The Morgan fingerprint density at radius 3 is 3.00 bits per heavy atom. The van der Waals surface area contributed by atoms with Crippen LogP contribution in [0.2, 0.25) is 0 Å². The number of pyridine rings is 1. The third-order valence-electron chi connectivity index (χ3n) is 3.10. The molecule has 1 amide bonds. The molecule has 0 aliphatic heterocycles. The molecule has 2 aromatic heterocycles. The van der Waals surface area contributed by atoms with Crippen LogP contribution in [0.15, 0.2) is 18.5 Å². The minimum absolute atomic E-state index is 0.0862. The smallest absolute Gasteiger partial charge is 0.251 e. The average molecular weight is 291 g/mol. The topological polar surface area (TPSA) is 75.6 Å². The zero-order valence-corrected chi connectivity index (χ0v) is 12.3. The summed E-state index contributed by atoms with van der Waals surface area (Å²) in [6.45, 7) is 4.96. The highest BCUT2D eigenvalue weighted by Gasteiger charge is 2.09. The van der Waals surface area contributed by atoms with Gasteiger partial charge in [0.1, 0.15) is 5.82 Å². The number of aromatic amines is 1. The first kappa shape index (κ1) is 14.4. The predicted molar refractivity (Wildman–Crippen MR) is 78.1 cm³/mol. The molecule has 0 radical (unpaired) electrons. The van der Waals surface area contributed by atoms with Crippen LogP contribution in [-0.4, -0.2) is 32.2 Å². The van der Waals surface area contributed by atoms with Gasteiger partial charge in [-0.25, -0.2) is 0 Å². The largest absolute Gasteiger partial charge is 0.350 e. The maximum absolute atomic E-state index is 12.1. The van der Waals surface area contributed by atoms with Gasteiger partial charge in [-0.15, -0.1) is 0 Å². The normalized spacial score (nSPS) is 10.5. The lowest BCUT2D eigenvalue weighted by Gasteiger charge is -2.09. The molecule has 0 unspecified atom stereocenters. The molecule has 2 rings (SSSR count). The molecule has 106 valence electrons. The van der Waals surface area contributed by atoms with Crippen LogP contribution >= 0.6 is 12.2 Å². The van der Waals surface area contributed by atoms with Gasteiger partial charge in [-0.2, -0.15) is 5.10 Å². The SMILES string of the molecule is CCc1cnccc1C(=O)NCCn1c(C)n[nH]c1=S. The van der Waals surface area contributed by atoms with E-state index in [4.69, 9.17) is 12.2 Å². The zero-order valence-electron chi connectivity index (χ0n) is 11.5. The number of rotatable bonds is 5. The second kappa shape index (κ2) is 6.42. The molecule has 0 atom stereocenters. The van der Waals surface area contributed by atoms with E-state index in [0.717, 1.165) is 17.8 Å². The summed E-state index contributed by atoms with van der Waals surface area (Å²) < 4.78 is 2.41. The highest BCUT2D eigenvalue weighted by Crippen LogP contribution is 2.07. The zero-order chi connectivity index (χ0) is 14.5. The number of amides is 1. The standard InChI is InChI=1S/C13H17N5OS/c1-3-10-8-14-5-4-11(10)12(19)15-6-7-18-9(2)16-17-13(18)20/h4-5,8H,3,6-7H2,1-2H3,(H,15,19)(H,17,20). The van der Waals surface area contributed by atoms with Crippen molar-refractivity contribution in [1.82, 2.24) is 25.1 Å². The molecule has 0 aromatic carbocycles. The molecule has 2 heterocycles. The van der Waals surface area contributed by atoms with E-state index in [-0.39, 0.29) is 5.91 Å². The second-order valence-corrected chi connectivity index (χ2v) is 4.76. The Morgan fingerprint density at radius 1 is 1.55 bits per heavy atom. The fraction of sp³-hybridized carbons (Fsp3) is 0.385. The maximum atomic E-state index is 12.1. The first-order valence-corrected chi connectivity index (χ1v) is 6.87. The Balaban J connectivity index is 1.98. The Kier molecular flexibility index (Phi) is 4.62. The molecule has 2 N–H and O–H groups in total. The van der Waals surface area contributed by atoms with E-state index in [2.05, 4.69) is 20.5 Å². The van der Waals surface area contributed by atoms with Gasteiger partial charge in [0.15, 0.2) is 4.77 Å². The van der Waals surface area contributed by atoms with Crippen LogP contribution in [0.5, 0.6) is 0 Å². The van der Waals surface area contributed by atoms with Crippen molar-refractivity contribution in [2.24, 2.45) is 0 Å². The van der Waals surface area contributed by atoms with Gasteiger partial charge in [-0.3, -0.25) is 14.9 Å². The fourth-order valence-electron chi connectivity index (χ4n) is 1.97. The lowest BCUT2D eigenvalue weighted by molar-refractivity contribution is 0.0951. The number of H-pyrrole nitrogens is 1. The molecular weight excluding hydrogens is 274 g/mol. The van der Waals surface area contributed by atoms with Crippen molar-refractivity contribution in [2.75, 3.05) is 6.54 Å². The van der Waals surface area contributed by atoms with E-state index >= 15 is 0 Å². The highest BCUT2D eigenvalue weighted by molar-refractivity contribution is 7.71. The molecule has 0 aliphatic rings. The van der Waals surface area contributed by atoms with Gasteiger partial charge in [0.2, 0.25) is 0 Å². The van der Waals surface area contributed by atoms with Crippen LogP contribution in [0.4, 0.5) is 0 Å². The minimum Gasteiger partial charge on any atom is -0.350 e. The molecule has 20 heavy (non-hydrogen) atoms. The van der Waals surface area contributed by atoms with Gasteiger partial charge in [0, 0.05) is 31.0 Å². The molecular formula is C13H17N5OS. The third-order valence-corrected chi connectivity index (χ3v) is 3.41. The van der Waals surface area contributed by atoms with E-state index < -0.39 is 0 Å². The Hall–Kier alpha value is -2.02. The number of carbonyl (C=O) groups is 1. The molecule has 0 saturated heterocycles. The quantitative estimate of drug-likeness (QED) is 0.821. The summed E-state index contributed by atoms with van der Waals surface area (Å²) in [5.74, 6) is 0.722.